The van der Waals surface area contributed by atoms with Gasteiger partial charge in [-0.3, -0.25) is 14.7 Å². The van der Waals surface area contributed by atoms with Crippen LogP contribution in [0.5, 0.6) is 0 Å². The third kappa shape index (κ3) is 2.69. The van der Waals surface area contributed by atoms with E-state index in [1.165, 1.54) is 22.8 Å². The van der Waals surface area contributed by atoms with Crippen molar-refractivity contribution in [1.29, 1.82) is 0 Å². The van der Waals surface area contributed by atoms with Gasteiger partial charge in [0.15, 0.2) is 0 Å². The number of aliphatic hydroxyl groups is 1. The largest absolute Gasteiger partial charge is 0.395 e. The molecule has 0 radical (unpaired) electrons. The number of nitrogens with zero attached hydrogens (tertiary/aromatic N) is 3. The number of hydrogen-bond acceptors (Lipinski definition) is 5. The molecule has 0 atom stereocenters. The second-order valence-electron chi connectivity index (χ2n) is 4.94. The van der Waals surface area contributed by atoms with Gasteiger partial charge >= 0.3 is 5.69 Å². The minimum atomic E-state index is -0.501. The van der Waals surface area contributed by atoms with Gasteiger partial charge in [-0.2, -0.15) is 4.98 Å². The lowest BCUT2D eigenvalue weighted by atomic mass is 10.1. The van der Waals surface area contributed by atoms with Gasteiger partial charge in [0.2, 0.25) is 0 Å². The van der Waals surface area contributed by atoms with E-state index in [-0.39, 0.29) is 18.8 Å². The molecule has 1 N–H and O–H groups in total. The summed E-state index contributed by atoms with van der Waals surface area (Å²) in [6.07, 6.45) is 0. The number of aliphatic hydroxyl groups excluding tert-OH is 1. The molecule has 0 aliphatic heterocycles. The van der Waals surface area contributed by atoms with Gasteiger partial charge < -0.3 is 5.11 Å². The Bertz CT molecular complexity index is 935. The van der Waals surface area contributed by atoms with Crippen molar-refractivity contribution in [2.24, 2.45) is 0 Å². The molecule has 0 aliphatic rings. The van der Waals surface area contributed by atoms with Gasteiger partial charge in [0.05, 0.1) is 29.3 Å². The fraction of sp³-hybridized carbons (Fsp3) is 0.125. The zero-order valence-corrected chi connectivity index (χ0v) is 12.0. The highest BCUT2D eigenvalue weighted by Crippen LogP contribution is 2.28. The van der Waals surface area contributed by atoms with Crippen molar-refractivity contribution in [3.8, 4) is 11.3 Å². The van der Waals surface area contributed by atoms with Gasteiger partial charge in [-0.1, -0.05) is 30.3 Å². The van der Waals surface area contributed by atoms with Crippen LogP contribution in [0.15, 0.2) is 53.3 Å². The molecule has 23 heavy (non-hydrogen) atoms. The van der Waals surface area contributed by atoms with Crippen LogP contribution in [0.4, 0.5) is 5.69 Å². The molecule has 0 unspecified atom stereocenters. The average Bonchev–Trinajstić information content (AvgIpc) is 2.57. The summed E-state index contributed by atoms with van der Waals surface area (Å²) in [5.41, 5.74) is 1.02. The third-order valence-corrected chi connectivity index (χ3v) is 3.55. The predicted octanol–water partition coefficient (Wildman–Crippen LogP) is 1.96. The zero-order valence-electron chi connectivity index (χ0n) is 12.0. The minimum absolute atomic E-state index is 0.0781. The second-order valence-corrected chi connectivity index (χ2v) is 4.94. The van der Waals surface area contributed by atoms with Gasteiger partial charge in [-0.15, -0.1) is 0 Å². The van der Waals surface area contributed by atoms with Crippen LogP contribution in [-0.4, -0.2) is 26.2 Å². The summed E-state index contributed by atoms with van der Waals surface area (Å²) < 4.78 is 1.31. The summed E-state index contributed by atoms with van der Waals surface area (Å²) in [7, 11) is 0. The van der Waals surface area contributed by atoms with Crippen molar-refractivity contribution in [2.45, 2.75) is 6.54 Å². The molecule has 0 fully saturated rings. The third-order valence-electron chi connectivity index (χ3n) is 3.55. The molecule has 0 spiro atoms. The number of hydrogen-bond donors (Lipinski definition) is 1. The first-order valence-corrected chi connectivity index (χ1v) is 6.97. The van der Waals surface area contributed by atoms with Crippen LogP contribution in [0, 0.1) is 10.1 Å². The van der Waals surface area contributed by atoms with E-state index < -0.39 is 10.6 Å². The highest BCUT2D eigenvalue weighted by atomic mass is 16.6. The Kier molecular flexibility index (Phi) is 3.86. The van der Waals surface area contributed by atoms with Crippen molar-refractivity contribution in [2.75, 3.05) is 6.61 Å². The number of rotatable bonds is 4. The Morgan fingerprint density at radius 2 is 1.91 bits per heavy atom. The maximum atomic E-state index is 12.2. The first-order chi connectivity index (χ1) is 11.1. The number of fused-ring (bicyclic) bond motifs is 1. The summed E-state index contributed by atoms with van der Waals surface area (Å²) in [4.78, 5) is 26.9. The molecular formula is C16H13N3O4. The fourth-order valence-electron chi connectivity index (χ4n) is 2.51. The van der Waals surface area contributed by atoms with Crippen LogP contribution >= 0.6 is 0 Å². The Morgan fingerprint density at radius 3 is 2.57 bits per heavy atom. The number of nitro groups is 1. The number of non-ortho nitro benzene ring substituents is 1. The van der Waals surface area contributed by atoms with Crippen molar-refractivity contribution in [1.82, 2.24) is 9.55 Å². The van der Waals surface area contributed by atoms with Crippen LogP contribution in [0.1, 0.15) is 0 Å². The van der Waals surface area contributed by atoms with Crippen molar-refractivity contribution >= 4 is 16.6 Å². The number of nitro benzene ring substituents is 1. The van der Waals surface area contributed by atoms with E-state index in [1.807, 2.05) is 6.07 Å². The first kappa shape index (κ1) is 14.9. The predicted molar refractivity (Wildman–Crippen MR) is 85.2 cm³/mol. The molecule has 3 rings (SSSR count). The Balaban J connectivity index is 2.39. The second kappa shape index (κ2) is 5.98. The van der Waals surface area contributed by atoms with Gasteiger partial charge in [0.25, 0.3) is 5.69 Å². The summed E-state index contributed by atoms with van der Waals surface area (Å²) in [5.74, 6) is 0. The van der Waals surface area contributed by atoms with Crippen LogP contribution in [-0.2, 0) is 6.54 Å². The smallest absolute Gasteiger partial charge is 0.348 e. The lowest BCUT2D eigenvalue weighted by molar-refractivity contribution is -0.384. The normalized spacial score (nSPS) is 10.8. The Morgan fingerprint density at radius 1 is 1.17 bits per heavy atom. The number of benzene rings is 2. The highest BCUT2D eigenvalue weighted by Gasteiger charge is 2.15. The molecule has 3 aromatic rings. The van der Waals surface area contributed by atoms with E-state index in [1.54, 1.807) is 24.3 Å². The molecule has 116 valence electrons. The molecule has 0 saturated carbocycles. The molecular weight excluding hydrogens is 298 g/mol. The van der Waals surface area contributed by atoms with Crippen molar-refractivity contribution < 1.29 is 10.0 Å². The Labute approximate surface area is 130 Å². The molecule has 7 nitrogen and oxygen atoms in total. The lowest BCUT2D eigenvalue weighted by Gasteiger charge is -2.11. The molecule has 0 bridgehead atoms. The maximum absolute atomic E-state index is 12.2. The number of aromatic nitrogens is 2. The molecule has 0 aliphatic carbocycles. The van der Waals surface area contributed by atoms with E-state index in [4.69, 9.17) is 5.11 Å². The van der Waals surface area contributed by atoms with Crippen LogP contribution in [0.3, 0.4) is 0 Å². The SMILES string of the molecule is O=c1nc(-c2ccccc2)c2cc([N+](=O)[O-])ccc2n1CCO. The standard InChI is InChI=1S/C16H13N3O4/c20-9-8-18-14-7-6-12(19(22)23)10-13(14)15(17-16(18)21)11-4-2-1-3-5-11/h1-7,10,20H,8-9H2. The van der Waals surface area contributed by atoms with Crippen LogP contribution in [0.25, 0.3) is 22.2 Å². The molecule has 7 heteroatoms. The highest BCUT2D eigenvalue weighted by molar-refractivity contribution is 5.93. The summed E-state index contributed by atoms with van der Waals surface area (Å²) >= 11 is 0. The monoisotopic (exact) mass is 311 g/mol. The summed E-state index contributed by atoms with van der Waals surface area (Å²) in [6, 6.07) is 13.3. The zero-order chi connectivity index (χ0) is 16.4. The maximum Gasteiger partial charge on any atom is 0.348 e. The molecule has 1 aromatic heterocycles. The molecule has 0 amide bonds. The van der Waals surface area contributed by atoms with Gasteiger partial charge in [-0.25, -0.2) is 4.79 Å². The van der Waals surface area contributed by atoms with E-state index in [0.717, 1.165) is 0 Å². The van der Waals surface area contributed by atoms with Crippen molar-refractivity contribution in [3.63, 3.8) is 0 Å². The lowest BCUT2D eigenvalue weighted by Crippen LogP contribution is -2.25. The summed E-state index contributed by atoms with van der Waals surface area (Å²) in [6.45, 7) is -0.145. The van der Waals surface area contributed by atoms with Crippen LogP contribution < -0.4 is 5.69 Å². The van der Waals surface area contributed by atoms with Crippen molar-refractivity contribution in [3.05, 3.63) is 69.1 Å². The van der Waals surface area contributed by atoms with Crippen LogP contribution in [0.2, 0.25) is 0 Å². The minimum Gasteiger partial charge on any atom is -0.395 e. The molecule has 1 heterocycles. The van der Waals surface area contributed by atoms with Gasteiger partial charge in [-0.05, 0) is 6.07 Å². The quantitative estimate of drug-likeness (QED) is 0.586. The van der Waals surface area contributed by atoms with E-state index in [0.29, 0.717) is 22.2 Å². The Hall–Kier alpha value is -3.06. The fourth-order valence-corrected chi connectivity index (χ4v) is 2.51. The van der Waals surface area contributed by atoms with E-state index in [2.05, 4.69) is 4.98 Å². The molecule has 0 saturated heterocycles. The molecule has 2 aromatic carbocycles. The van der Waals surface area contributed by atoms with E-state index in [9.17, 15) is 14.9 Å². The average molecular weight is 311 g/mol. The van der Waals surface area contributed by atoms with Gasteiger partial charge in [0, 0.05) is 23.1 Å². The topological polar surface area (TPSA) is 98.3 Å². The van der Waals surface area contributed by atoms with E-state index >= 15 is 0 Å². The first-order valence-electron chi connectivity index (χ1n) is 6.97. The van der Waals surface area contributed by atoms with Gasteiger partial charge in [0.1, 0.15) is 0 Å². The summed E-state index contributed by atoms with van der Waals surface area (Å²) in [5, 5.41) is 20.7.